The van der Waals surface area contributed by atoms with Crippen LogP contribution in [0.3, 0.4) is 0 Å². The molecule has 0 bridgehead atoms. The molecule has 1 aromatic rings. The van der Waals surface area contributed by atoms with Gasteiger partial charge in [-0.2, -0.15) is 0 Å². The minimum Gasteiger partial charge on any atom is -0.335 e. The van der Waals surface area contributed by atoms with Gasteiger partial charge in [-0.25, -0.2) is 0 Å². The number of Topliss-reactive ketones (excluding diaryl/α,β-unsaturated/α-hetero) is 1. The van der Waals surface area contributed by atoms with E-state index in [1.54, 1.807) is 17.3 Å². The van der Waals surface area contributed by atoms with Gasteiger partial charge in [0.05, 0.1) is 6.54 Å². The zero-order valence-electron chi connectivity index (χ0n) is 9.76. The summed E-state index contributed by atoms with van der Waals surface area (Å²) in [5.74, 6) is 0.253. The Kier molecular flexibility index (Phi) is 3.85. The third-order valence-corrected chi connectivity index (χ3v) is 2.98. The molecule has 1 amide bonds. The minimum absolute atomic E-state index is 0.0786. The third kappa shape index (κ3) is 3.37. The summed E-state index contributed by atoms with van der Waals surface area (Å²) in [6.07, 6.45) is 6.06. The summed E-state index contributed by atoms with van der Waals surface area (Å²) >= 11 is 0. The van der Waals surface area contributed by atoms with Crippen LogP contribution in [0.2, 0.25) is 0 Å². The molecule has 4 nitrogen and oxygen atoms in total. The van der Waals surface area contributed by atoms with Crippen LogP contribution in [0.1, 0.15) is 24.8 Å². The lowest BCUT2D eigenvalue weighted by atomic mass is 10.1. The smallest absolute Gasteiger partial charge is 0.223 e. The quantitative estimate of drug-likeness (QED) is 0.787. The summed E-state index contributed by atoms with van der Waals surface area (Å²) in [5, 5.41) is 0. The predicted octanol–water partition coefficient (Wildman–Crippen LogP) is 1.21. The van der Waals surface area contributed by atoms with Gasteiger partial charge in [0.2, 0.25) is 5.91 Å². The fraction of sp³-hybridized carbons (Fsp3) is 0.462. The molecule has 90 valence electrons. The molecule has 0 radical (unpaired) electrons. The van der Waals surface area contributed by atoms with Gasteiger partial charge < -0.3 is 4.90 Å². The number of pyridine rings is 1. The van der Waals surface area contributed by atoms with Gasteiger partial charge in [-0.05, 0) is 30.5 Å². The first-order valence-electron chi connectivity index (χ1n) is 5.94. The van der Waals surface area contributed by atoms with E-state index >= 15 is 0 Å². The monoisotopic (exact) mass is 232 g/mol. The summed E-state index contributed by atoms with van der Waals surface area (Å²) in [6, 6.07) is 3.82. The lowest BCUT2D eigenvalue weighted by molar-refractivity contribution is -0.137. The van der Waals surface area contributed by atoms with E-state index in [0.717, 1.165) is 18.5 Å². The maximum Gasteiger partial charge on any atom is 0.223 e. The Labute approximate surface area is 101 Å². The van der Waals surface area contributed by atoms with Crippen molar-refractivity contribution in [3.63, 3.8) is 0 Å². The molecular formula is C13H16N2O2. The number of likely N-dealkylation sites (tertiary alicyclic amines) is 1. The standard InChI is InChI=1S/C13H16N2O2/c16-12-2-1-9-15(10-12)13(17)4-3-11-5-7-14-8-6-11/h5-8H,1-4,9-10H2. The molecule has 0 atom stereocenters. The fourth-order valence-electron chi connectivity index (χ4n) is 2.01. The van der Waals surface area contributed by atoms with E-state index in [1.807, 2.05) is 12.1 Å². The van der Waals surface area contributed by atoms with Crippen molar-refractivity contribution in [3.05, 3.63) is 30.1 Å². The average molecular weight is 232 g/mol. The molecule has 17 heavy (non-hydrogen) atoms. The van der Waals surface area contributed by atoms with Crippen molar-refractivity contribution in [1.29, 1.82) is 0 Å². The highest BCUT2D eigenvalue weighted by Crippen LogP contribution is 2.09. The van der Waals surface area contributed by atoms with E-state index in [-0.39, 0.29) is 11.7 Å². The van der Waals surface area contributed by atoms with E-state index < -0.39 is 0 Å². The van der Waals surface area contributed by atoms with Crippen LogP contribution in [0, 0.1) is 0 Å². The molecule has 0 aliphatic carbocycles. The Balaban J connectivity index is 1.83. The van der Waals surface area contributed by atoms with Gasteiger partial charge >= 0.3 is 0 Å². The van der Waals surface area contributed by atoms with E-state index in [2.05, 4.69) is 4.98 Å². The second kappa shape index (κ2) is 5.57. The van der Waals surface area contributed by atoms with Gasteiger partial charge in [0.25, 0.3) is 0 Å². The summed E-state index contributed by atoms with van der Waals surface area (Å²) in [4.78, 5) is 28.7. The average Bonchev–Trinajstić information content (AvgIpc) is 2.37. The van der Waals surface area contributed by atoms with Crippen LogP contribution in [0.25, 0.3) is 0 Å². The molecule has 1 saturated heterocycles. The molecule has 1 aliphatic rings. The molecule has 2 heterocycles. The number of carbonyl (C=O) groups excluding carboxylic acids is 2. The Bertz CT molecular complexity index is 403. The number of hydrogen-bond donors (Lipinski definition) is 0. The van der Waals surface area contributed by atoms with Crippen LogP contribution in [-0.2, 0) is 16.0 Å². The molecule has 0 aromatic carbocycles. The number of amides is 1. The number of piperidine rings is 1. The highest BCUT2D eigenvalue weighted by molar-refractivity contribution is 5.87. The first-order valence-corrected chi connectivity index (χ1v) is 5.94. The summed E-state index contributed by atoms with van der Waals surface area (Å²) in [7, 11) is 0. The molecule has 2 rings (SSSR count). The van der Waals surface area contributed by atoms with Crippen molar-refractivity contribution in [2.75, 3.05) is 13.1 Å². The molecule has 0 saturated carbocycles. The second-order valence-corrected chi connectivity index (χ2v) is 4.31. The van der Waals surface area contributed by atoms with Crippen molar-refractivity contribution >= 4 is 11.7 Å². The maximum atomic E-state index is 11.9. The third-order valence-electron chi connectivity index (χ3n) is 2.98. The van der Waals surface area contributed by atoms with Crippen molar-refractivity contribution < 1.29 is 9.59 Å². The largest absolute Gasteiger partial charge is 0.335 e. The first kappa shape index (κ1) is 11.8. The molecule has 4 heteroatoms. The number of ketones is 1. The Morgan fingerprint density at radius 1 is 1.35 bits per heavy atom. The molecule has 0 N–H and O–H groups in total. The van der Waals surface area contributed by atoms with E-state index in [0.29, 0.717) is 25.8 Å². The zero-order valence-corrected chi connectivity index (χ0v) is 9.76. The Morgan fingerprint density at radius 3 is 2.82 bits per heavy atom. The fourth-order valence-corrected chi connectivity index (χ4v) is 2.01. The van der Waals surface area contributed by atoms with Crippen LogP contribution in [0.15, 0.2) is 24.5 Å². The molecule has 1 fully saturated rings. The lowest BCUT2D eigenvalue weighted by Crippen LogP contribution is -2.40. The number of aryl methyl sites for hydroxylation is 1. The van der Waals surface area contributed by atoms with E-state index in [4.69, 9.17) is 0 Å². The van der Waals surface area contributed by atoms with E-state index in [1.165, 1.54) is 0 Å². The van der Waals surface area contributed by atoms with Crippen molar-refractivity contribution in [1.82, 2.24) is 9.88 Å². The zero-order chi connectivity index (χ0) is 12.1. The highest BCUT2D eigenvalue weighted by Gasteiger charge is 2.20. The maximum absolute atomic E-state index is 11.9. The van der Waals surface area contributed by atoms with E-state index in [9.17, 15) is 9.59 Å². The van der Waals surface area contributed by atoms with Gasteiger partial charge in [0, 0.05) is 31.8 Å². The van der Waals surface area contributed by atoms with Gasteiger partial charge in [-0.3, -0.25) is 14.6 Å². The second-order valence-electron chi connectivity index (χ2n) is 4.31. The summed E-state index contributed by atoms with van der Waals surface area (Å²) < 4.78 is 0. The van der Waals surface area contributed by atoms with Crippen LogP contribution < -0.4 is 0 Å². The number of rotatable bonds is 3. The molecule has 0 unspecified atom stereocenters. The molecule has 0 spiro atoms. The predicted molar refractivity (Wildman–Crippen MR) is 63.4 cm³/mol. The van der Waals surface area contributed by atoms with Crippen molar-refractivity contribution in [2.24, 2.45) is 0 Å². The molecule has 1 aliphatic heterocycles. The van der Waals surface area contributed by atoms with Crippen LogP contribution in [0.5, 0.6) is 0 Å². The van der Waals surface area contributed by atoms with Crippen LogP contribution in [0.4, 0.5) is 0 Å². The number of carbonyl (C=O) groups is 2. The van der Waals surface area contributed by atoms with Gasteiger partial charge in [-0.15, -0.1) is 0 Å². The summed E-state index contributed by atoms with van der Waals surface area (Å²) in [6.45, 7) is 1.02. The lowest BCUT2D eigenvalue weighted by Gasteiger charge is -2.25. The Morgan fingerprint density at radius 2 is 2.12 bits per heavy atom. The SMILES string of the molecule is O=C1CCCN(C(=O)CCc2ccncc2)C1. The van der Waals surface area contributed by atoms with Gasteiger partial charge in [0.1, 0.15) is 0 Å². The normalized spacial score (nSPS) is 16.0. The van der Waals surface area contributed by atoms with Crippen LogP contribution >= 0.6 is 0 Å². The van der Waals surface area contributed by atoms with Gasteiger partial charge in [-0.1, -0.05) is 0 Å². The number of nitrogens with zero attached hydrogens (tertiary/aromatic N) is 2. The van der Waals surface area contributed by atoms with Gasteiger partial charge in [0.15, 0.2) is 5.78 Å². The molecule has 1 aromatic heterocycles. The van der Waals surface area contributed by atoms with Crippen molar-refractivity contribution in [3.8, 4) is 0 Å². The minimum atomic E-state index is 0.0786. The van der Waals surface area contributed by atoms with Crippen LogP contribution in [-0.4, -0.2) is 34.7 Å². The number of aromatic nitrogens is 1. The first-order chi connectivity index (χ1) is 8.25. The Hall–Kier alpha value is -1.71. The highest BCUT2D eigenvalue weighted by atomic mass is 16.2. The van der Waals surface area contributed by atoms with Crippen molar-refractivity contribution in [2.45, 2.75) is 25.7 Å². The topological polar surface area (TPSA) is 50.3 Å². The molecular weight excluding hydrogens is 216 g/mol. The number of hydrogen-bond acceptors (Lipinski definition) is 3. The summed E-state index contributed by atoms with van der Waals surface area (Å²) in [5.41, 5.74) is 1.11.